The SMILES string of the molecule is Nc1nc2c(c(=O)[nH]1)=N[C@H]1C([S-])=C([S-])[C@@H](COP(=O)([O-])O)O[C@H]1N=2.Nc1nc2c(c(=O)[nH]1)N[C@@H]1C(=N2)O/C(=C/OP(=O)([O-])O)C([S-])=C1[S-].[Mg+2].[W]. The molecule has 0 radical (unpaired) electrons. The molecule has 0 aromatic carbocycles. The second-order valence-electron chi connectivity index (χ2n) is 9.36. The fraction of sp³-hybridized carbons (Fsp3) is 0.250. The number of phosphoric acid groups is 2. The van der Waals surface area contributed by atoms with Crippen LogP contribution >= 0.6 is 15.6 Å². The van der Waals surface area contributed by atoms with Crippen molar-refractivity contribution in [1.82, 2.24) is 19.9 Å². The van der Waals surface area contributed by atoms with E-state index >= 15 is 0 Å². The van der Waals surface area contributed by atoms with Gasteiger partial charge >= 0.3 is 30.9 Å². The van der Waals surface area contributed by atoms with Crippen LogP contribution in [0, 0.1) is 0 Å². The molecule has 6 heterocycles. The molecular formula is C20H16MgN10O12P2S4W-4. The van der Waals surface area contributed by atoms with Gasteiger partial charge in [-0.15, -0.1) is 4.91 Å². The number of nitrogens with zero attached hydrogens (tertiary/aromatic N) is 5. The van der Waals surface area contributed by atoms with Gasteiger partial charge in [0.15, 0.2) is 22.9 Å². The molecule has 4 aliphatic heterocycles. The minimum absolute atomic E-state index is 0. The van der Waals surface area contributed by atoms with Gasteiger partial charge in [0.25, 0.3) is 18.9 Å². The van der Waals surface area contributed by atoms with Crippen molar-refractivity contribution in [3.63, 3.8) is 0 Å². The van der Waals surface area contributed by atoms with Gasteiger partial charge in [-0.3, -0.25) is 33.7 Å². The van der Waals surface area contributed by atoms with Crippen LogP contribution in [-0.2, 0) is 99.2 Å². The average Bonchev–Trinajstić information content (AvgIpc) is 2.97. The predicted octanol–water partition coefficient (Wildman–Crippen LogP) is -5.07. The van der Waals surface area contributed by atoms with Crippen LogP contribution in [0.15, 0.2) is 56.2 Å². The fourth-order valence-electron chi connectivity index (χ4n) is 4.10. The van der Waals surface area contributed by atoms with Crippen LogP contribution < -0.4 is 48.5 Å². The van der Waals surface area contributed by atoms with Crippen molar-refractivity contribution in [2.24, 2.45) is 15.0 Å². The van der Waals surface area contributed by atoms with Crippen molar-refractivity contribution in [3.05, 3.63) is 63.2 Å². The van der Waals surface area contributed by atoms with Crippen LogP contribution in [0.3, 0.4) is 0 Å². The summed E-state index contributed by atoms with van der Waals surface area (Å²) < 4.78 is 40.7. The number of aromatic nitrogens is 4. The second-order valence-corrected chi connectivity index (χ2v) is 13.4. The van der Waals surface area contributed by atoms with Gasteiger partial charge in [-0.2, -0.15) is 29.7 Å². The Balaban J connectivity index is 0.000000260. The smallest absolute Gasteiger partial charge is 0.783 e. The molecule has 0 spiro atoms. The van der Waals surface area contributed by atoms with E-state index in [1.807, 2.05) is 0 Å². The molecule has 2 aromatic heterocycles. The number of ether oxygens (including phenoxy) is 2. The number of aromatic amines is 2. The summed E-state index contributed by atoms with van der Waals surface area (Å²) in [5.74, 6) is -0.596. The quantitative estimate of drug-likeness (QED) is 0.0638. The minimum Gasteiger partial charge on any atom is -0.783 e. The number of nitrogen functional groups attached to an aromatic ring is 2. The Morgan fingerprint density at radius 1 is 0.960 bits per heavy atom. The van der Waals surface area contributed by atoms with Gasteiger partial charge in [0.05, 0.1) is 18.8 Å². The van der Waals surface area contributed by atoms with Crippen LogP contribution in [0.5, 0.6) is 0 Å². The number of fused-ring (bicyclic) bond motifs is 4. The number of nitrogens with one attached hydrogen (secondary N) is 3. The number of nitrogens with two attached hydrogens (primary N) is 2. The van der Waals surface area contributed by atoms with Gasteiger partial charge in [0.2, 0.25) is 17.8 Å². The number of hydrogen-bond donors (Lipinski definition) is 7. The maximum Gasteiger partial charge on any atom is 2.00 e. The van der Waals surface area contributed by atoms with E-state index in [2.05, 4.69) is 49.3 Å². The number of hydrogen-bond acceptors (Lipinski definition) is 22. The van der Waals surface area contributed by atoms with Crippen LogP contribution in [0.1, 0.15) is 0 Å². The van der Waals surface area contributed by atoms with Crippen molar-refractivity contribution >= 4 is 119 Å². The third-order valence-corrected chi connectivity index (χ3v) is 8.98. The van der Waals surface area contributed by atoms with Crippen LogP contribution in [-0.4, -0.2) is 89.7 Å². The Morgan fingerprint density at radius 2 is 1.60 bits per heavy atom. The van der Waals surface area contributed by atoms with Crippen molar-refractivity contribution in [2.75, 3.05) is 23.4 Å². The molecule has 0 saturated heterocycles. The Kier molecular flexibility index (Phi) is 13.7. The van der Waals surface area contributed by atoms with Crippen molar-refractivity contribution < 1.29 is 68.3 Å². The van der Waals surface area contributed by atoms with E-state index < -0.39 is 57.8 Å². The maximum absolute atomic E-state index is 11.9. The number of rotatable bonds is 5. The summed E-state index contributed by atoms with van der Waals surface area (Å²) in [7, 11) is -9.96. The first-order valence-electron chi connectivity index (χ1n) is 12.5. The third kappa shape index (κ3) is 9.61. The molecule has 0 saturated carbocycles. The zero-order chi connectivity index (χ0) is 35.3. The normalized spacial score (nSPS) is 24.7. The number of anilines is 3. The predicted molar refractivity (Wildman–Crippen MR) is 173 cm³/mol. The first-order valence-corrected chi connectivity index (χ1v) is 17.1. The van der Waals surface area contributed by atoms with E-state index in [1.165, 1.54) is 0 Å². The summed E-state index contributed by atoms with van der Waals surface area (Å²) in [6.45, 7) is -0.563. The Hall–Kier alpha value is -2.20. The molecule has 264 valence electrons. The summed E-state index contributed by atoms with van der Waals surface area (Å²) in [4.78, 5) is 87.4. The first-order chi connectivity index (χ1) is 22.3. The molecule has 4 aliphatic rings. The Labute approximate surface area is 330 Å². The van der Waals surface area contributed by atoms with Gasteiger partial charge in [-0.1, -0.05) is 0 Å². The average molecular weight is 987 g/mol. The largest absolute Gasteiger partial charge is 2.00 e. The van der Waals surface area contributed by atoms with Crippen molar-refractivity contribution in [1.29, 1.82) is 0 Å². The standard InChI is InChI=1S/C10H12N5O6PS2.C10H10N5O6PS2.Mg.W/c2*11-10-14-7-4(8(16)15-10)12-3-6(24)5(23)2(21-9(3)13-7)1-20-22(17,18)19;;/h2-3,9,23-24H,1H2,(H2,17,18,19)(H3,11,13,14,15,16);1,3,12,23-24H,(H2,17,18,19)(H3,11,14,15,16);;/q;;+2;/p-6/b;2-1+;;/t2-,3+,9-;3-;;/m10../s1. The monoisotopic (exact) mass is 986 g/mol. The molecule has 6 atom stereocenters. The number of phosphoric ester groups is 2. The van der Waals surface area contributed by atoms with Gasteiger partial charge in [-0.05, 0) is 0 Å². The summed E-state index contributed by atoms with van der Waals surface area (Å²) in [6.07, 6.45) is -1.40. The van der Waals surface area contributed by atoms with Gasteiger partial charge in [-0.25, -0.2) is 4.99 Å². The first kappa shape index (κ1) is 42.2. The van der Waals surface area contributed by atoms with E-state index in [9.17, 15) is 28.5 Å². The summed E-state index contributed by atoms with van der Waals surface area (Å²) in [5.41, 5.74) is 9.79. The second kappa shape index (κ2) is 16.2. The van der Waals surface area contributed by atoms with Gasteiger partial charge in [0.1, 0.15) is 23.8 Å². The summed E-state index contributed by atoms with van der Waals surface area (Å²) in [6, 6.07) is -1.65. The minimum atomic E-state index is -5.02. The van der Waals surface area contributed by atoms with E-state index in [4.69, 9.17) is 81.2 Å². The molecule has 0 fully saturated rings. The Bertz CT molecular complexity index is 2180. The summed E-state index contributed by atoms with van der Waals surface area (Å²) in [5, 5.41) is 2.74. The van der Waals surface area contributed by atoms with E-state index in [1.54, 1.807) is 0 Å². The zero-order valence-electron chi connectivity index (χ0n) is 24.1. The summed E-state index contributed by atoms with van der Waals surface area (Å²) >= 11 is 20.6. The molecular weight excluding hydrogens is 971 g/mol. The molecule has 2 aromatic rings. The molecule has 0 aliphatic carbocycles. The molecule has 2 unspecified atom stereocenters. The van der Waals surface area contributed by atoms with Crippen molar-refractivity contribution in [3.8, 4) is 0 Å². The van der Waals surface area contributed by atoms with Crippen molar-refractivity contribution in [2.45, 2.75) is 24.4 Å². The number of H-pyrrole nitrogens is 2. The van der Waals surface area contributed by atoms with Crippen LogP contribution in [0.25, 0.3) is 0 Å². The van der Waals surface area contributed by atoms with Gasteiger partial charge in [0, 0.05) is 21.1 Å². The molecule has 0 amide bonds. The third-order valence-electron chi connectivity index (χ3n) is 6.07. The van der Waals surface area contributed by atoms with Crippen LogP contribution in [0.2, 0.25) is 0 Å². The molecule has 22 nitrogen and oxygen atoms in total. The van der Waals surface area contributed by atoms with E-state index in [-0.39, 0.29) is 110 Å². The molecule has 6 rings (SSSR count). The number of aliphatic imine (C=N–C) groups is 1. The van der Waals surface area contributed by atoms with E-state index in [0.717, 1.165) is 0 Å². The maximum atomic E-state index is 11.9. The Morgan fingerprint density at radius 3 is 2.24 bits per heavy atom. The van der Waals surface area contributed by atoms with Gasteiger partial charge < -0.3 is 105 Å². The van der Waals surface area contributed by atoms with Crippen LogP contribution in [0.4, 0.5) is 23.4 Å². The molecule has 0 bridgehead atoms. The molecule has 9 N–H and O–H groups in total. The molecule has 50 heavy (non-hydrogen) atoms. The zero-order valence-corrected chi connectivity index (χ0v) is 33.5. The topological polar surface area (TPSA) is 350 Å². The molecule has 30 heteroatoms. The van der Waals surface area contributed by atoms with E-state index in [0.29, 0.717) is 6.26 Å². The fourth-order valence-corrected chi connectivity index (χ4v) is 5.67.